The molecule has 1 heterocycles. The van der Waals surface area contributed by atoms with E-state index in [2.05, 4.69) is 15.2 Å². The minimum Gasteiger partial charge on any atom is -0.248 e. The van der Waals surface area contributed by atoms with E-state index in [1.54, 1.807) is 6.07 Å². The van der Waals surface area contributed by atoms with Crippen LogP contribution in [0.1, 0.15) is 0 Å². The predicted molar refractivity (Wildman–Crippen MR) is 54.8 cm³/mol. The van der Waals surface area contributed by atoms with Crippen LogP contribution >= 0.6 is 10.7 Å². The highest BCUT2D eigenvalue weighted by Crippen LogP contribution is 2.20. The lowest BCUT2D eigenvalue weighted by Crippen LogP contribution is -1.93. The molecule has 0 aliphatic carbocycles. The van der Waals surface area contributed by atoms with Gasteiger partial charge in [0.05, 0.1) is 5.56 Å². The zero-order chi connectivity index (χ0) is 11.8. The summed E-state index contributed by atoms with van der Waals surface area (Å²) in [6.07, 6.45) is 0. The lowest BCUT2D eigenvalue weighted by atomic mass is 10.2. The fourth-order valence-electron chi connectivity index (χ4n) is 1.12. The second-order valence-electron chi connectivity index (χ2n) is 2.88. The van der Waals surface area contributed by atoms with Gasteiger partial charge in [0.1, 0.15) is 5.82 Å². The van der Waals surface area contributed by atoms with Crippen LogP contribution in [0.25, 0.3) is 11.4 Å². The number of hydrogen-bond donors (Lipinski definition) is 1. The van der Waals surface area contributed by atoms with Crippen molar-refractivity contribution in [3.63, 3.8) is 0 Å². The Morgan fingerprint density at radius 1 is 1.31 bits per heavy atom. The fraction of sp³-hybridized carbons (Fsp3) is 0. The SMILES string of the molecule is O=S(=O)(Cl)c1nc(-c2ccccc2F)n[nH]1. The summed E-state index contributed by atoms with van der Waals surface area (Å²) in [6.45, 7) is 0. The molecule has 1 aromatic heterocycles. The molecule has 0 bridgehead atoms. The summed E-state index contributed by atoms with van der Waals surface area (Å²) in [5, 5.41) is 5.19. The molecule has 1 N–H and O–H groups in total. The van der Waals surface area contributed by atoms with Gasteiger partial charge in [0.15, 0.2) is 5.82 Å². The minimum absolute atomic E-state index is 0.0580. The van der Waals surface area contributed by atoms with Gasteiger partial charge in [-0.25, -0.2) is 17.9 Å². The van der Waals surface area contributed by atoms with E-state index >= 15 is 0 Å². The van der Waals surface area contributed by atoms with Gasteiger partial charge in [-0.1, -0.05) is 12.1 Å². The molecule has 0 radical (unpaired) electrons. The molecule has 2 aromatic rings. The van der Waals surface area contributed by atoms with Crippen LogP contribution in [0.4, 0.5) is 4.39 Å². The summed E-state index contributed by atoms with van der Waals surface area (Å²) < 4.78 is 35.1. The van der Waals surface area contributed by atoms with Gasteiger partial charge in [-0.15, -0.1) is 0 Å². The first-order chi connectivity index (χ1) is 7.48. The zero-order valence-electron chi connectivity index (χ0n) is 7.68. The average molecular weight is 262 g/mol. The molecule has 0 atom stereocenters. The van der Waals surface area contributed by atoms with Gasteiger partial charge >= 0.3 is 0 Å². The average Bonchev–Trinajstić information content (AvgIpc) is 2.66. The molecule has 16 heavy (non-hydrogen) atoms. The molecule has 8 heteroatoms. The molecule has 5 nitrogen and oxygen atoms in total. The highest BCUT2D eigenvalue weighted by atomic mass is 35.7. The van der Waals surface area contributed by atoms with E-state index in [1.165, 1.54) is 18.2 Å². The van der Waals surface area contributed by atoms with Crippen LogP contribution in [0.2, 0.25) is 0 Å². The van der Waals surface area contributed by atoms with E-state index in [0.717, 1.165) is 0 Å². The number of benzene rings is 1. The van der Waals surface area contributed by atoms with E-state index in [4.69, 9.17) is 10.7 Å². The number of rotatable bonds is 2. The smallest absolute Gasteiger partial charge is 0.248 e. The molecule has 0 unspecified atom stereocenters. The van der Waals surface area contributed by atoms with Gasteiger partial charge in [-0.3, -0.25) is 0 Å². The number of halogens is 2. The Labute approximate surface area is 94.7 Å². The first-order valence-corrected chi connectivity index (χ1v) is 6.41. The lowest BCUT2D eigenvalue weighted by Gasteiger charge is -1.95. The number of aromatic amines is 1. The Bertz CT molecular complexity index is 626. The minimum atomic E-state index is -3.98. The van der Waals surface area contributed by atoms with Gasteiger partial charge in [-0.05, 0) is 12.1 Å². The van der Waals surface area contributed by atoms with E-state index in [0.29, 0.717) is 0 Å². The van der Waals surface area contributed by atoms with Crippen molar-refractivity contribution in [1.29, 1.82) is 0 Å². The molecule has 2 rings (SSSR count). The number of H-pyrrole nitrogens is 1. The molecule has 84 valence electrons. The van der Waals surface area contributed by atoms with E-state index in [-0.39, 0.29) is 11.4 Å². The summed E-state index contributed by atoms with van der Waals surface area (Å²) in [5.74, 6) is -0.600. The van der Waals surface area contributed by atoms with E-state index in [9.17, 15) is 12.8 Å². The van der Waals surface area contributed by atoms with Gasteiger partial charge < -0.3 is 0 Å². The van der Waals surface area contributed by atoms with Crippen molar-refractivity contribution in [2.24, 2.45) is 0 Å². The van der Waals surface area contributed by atoms with Crippen LogP contribution < -0.4 is 0 Å². The number of nitrogens with one attached hydrogen (secondary N) is 1. The summed E-state index contributed by atoms with van der Waals surface area (Å²) in [7, 11) is 1.06. The lowest BCUT2D eigenvalue weighted by molar-refractivity contribution is 0.602. The topological polar surface area (TPSA) is 75.7 Å². The summed E-state index contributed by atoms with van der Waals surface area (Å²) in [5.41, 5.74) is 0.102. The Balaban J connectivity index is 2.52. The maximum Gasteiger partial charge on any atom is 0.296 e. The van der Waals surface area contributed by atoms with Gasteiger partial charge in [0, 0.05) is 10.7 Å². The largest absolute Gasteiger partial charge is 0.296 e. The fourth-order valence-corrected chi connectivity index (χ4v) is 1.68. The first kappa shape index (κ1) is 11.0. The van der Waals surface area contributed by atoms with Crippen molar-refractivity contribution in [3.8, 4) is 11.4 Å². The summed E-state index contributed by atoms with van der Waals surface area (Å²) in [4.78, 5) is 3.59. The predicted octanol–water partition coefficient (Wildman–Crippen LogP) is 1.54. The first-order valence-electron chi connectivity index (χ1n) is 4.10. The van der Waals surface area contributed by atoms with Crippen LogP contribution in [-0.4, -0.2) is 23.6 Å². The Kier molecular flexibility index (Phi) is 2.64. The standard InChI is InChI=1S/C8H5ClFN3O2S/c9-16(14,15)8-11-7(12-13-8)5-3-1-2-4-6(5)10/h1-4H,(H,11,12,13). The third-order valence-electron chi connectivity index (χ3n) is 1.81. The molecular formula is C8H5ClFN3O2S. The quantitative estimate of drug-likeness (QED) is 0.832. The summed E-state index contributed by atoms with van der Waals surface area (Å²) >= 11 is 0. The maximum atomic E-state index is 13.3. The van der Waals surface area contributed by atoms with Crippen LogP contribution in [0.3, 0.4) is 0 Å². The second kappa shape index (κ2) is 3.84. The Morgan fingerprint density at radius 2 is 2.00 bits per heavy atom. The Morgan fingerprint density at radius 3 is 2.56 bits per heavy atom. The Hall–Kier alpha value is -1.47. The highest BCUT2D eigenvalue weighted by molar-refractivity contribution is 8.13. The molecule has 0 saturated carbocycles. The van der Waals surface area contributed by atoms with Gasteiger partial charge in [0.2, 0.25) is 0 Å². The number of aromatic nitrogens is 3. The maximum absolute atomic E-state index is 13.3. The van der Waals surface area contributed by atoms with Crippen LogP contribution in [0.5, 0.6) is 0 Å². The third-order valence-corrected chi connectivity index (χ3v) is 2.89. The molecule has 1 aromatic carbocycles. The van der Waals surface area contributed by atoms with Crippen molar-refractivity contribution in [3.05, 3.63) is 30.1 Å². The molecular weight excluding hydrogens is 257 g/mol. The van der Waals surface area contributed by atoms with Crippen molar-refractivity contribution >= 4 is 19.7 Å². The number of nitrogens with zero attached hydrogens (tertiary/aromatic N) is 2. The van der Waals surface area contributed by atoms with Crippen LogP contribution in [0, 0.1) is 5.82 Å². The van der Waals surface area contributed by atoms with E-state index < -0.39 is 20.0 Å². The van der Waals surface area contributed by atoms with Gasteiger partial charge in [-0.2, -0.15) is 10.1 Å². The van der Waals surface area contributed by atoms with Crippen LogP contribution in [0.15, 0.2) is 29.4 Å². The van der Waals surface area contributed by atoms with Crippen molar-refractivity contribution in [1.82, 2.24) is 15.2 Å². The molecule has 0 aliphatic heterocycles. The van der Waals surface area contributed by atoms with Crippen molar-refractivity contribution in [2.75, 3.05) is 0 Å². The molecule has 0 spiro atoms. The molecule has 0 saturated heterocycles. The second-order valence-corrected chi connectivity index (χ2v) is 5.36. The normalized spacial score (nSPS) is 11.6. The monoisotopic (exact) mass is 261 g/mol. The van der Waals surface area contributed by atoms with E-state index in [1.807, 2.05) is 0 Å². The van der Waals surface area contributed by atoms with Crippen molar-refractivity contribution in [2.45, 2.75) is 5.16 Å². The summed E-state index contributed by atoms with van der Waals surface area (Å²) in [6, 6.07) is 5.75. The zero-order valence-corrected chi connectivity index (χ0v) is 9.26. The van der Waals surface area contributed by atoms with Crippen molar-refractivity contribution < 1.29 is 12.8 Å². The van der Waals surface area contributed by atoms with Gasteiger partial charge in [0.25, 0.3) is 14.2 Å². The number of hydrogen-bond acceptors (Lipinski definition) is 4. The van der Waals surface area contributed by atoms with Crippen LogP contribution in [-0.2, 0) is 9.05 Å². The third kappa shape index (κ3) is 2.05. The molecule has 0 amide bonds. The highest BCUT2D eigenvalue weighted by Gasteiger charge is 2.17. The molecule has 0 fully saturated rings. The molecule has 0 aliphatic rings.